The molecule has 0 saturated heterocycles. The van der Waals surface area contributed by atoms with Gasteiger partial charge in [-0.3, -0.25) is 9.59 Å². The van der Waals surface area contributed by atoms with Gasteiger partial charge in [0, 0.05) is 0 Å². The zero-order chi connectivity index (χ0) is 14.8. The highest BCUT2D eigenvalue weighted by Crippen LogP contribution is 2.37. The summed E-state index contributed by atoms with van der Waals surface area (Å²) in [7, 11) is 0. The molecule has 0 aliphatic heterocycles. The van der Waals surface area contributed by atoms with Gasteiger partial charge in [0.15, 0.2) is 0 Å². The van der Waals surface area contributed by atoms with Crippen molar-refractivity contribution in [1.82, 2.24) is 0 Å². The maximum absolute atomic E-state index is 12.9. The first-order chi connectivity index (χ1) is 8.70. The minimum absolute atomic E-state index is 0.367. The topological polar surface area (TPSA) is 60.2 Å². The van der Waals surface area contributed by atoms with Crippen LogP contribution in [-0.4, -0.2) is 11.7 Å². The number of carbonyl (C=O) groups is 2. The number of ketones is 1. The van der Waals surface area contributed by atoms with Crippen molar-refractivity contribution in [1.29, 1.82) is 0 Å². The molecule has 0 radical (unpaired) electrons. The van der Waals surface area contributed by atoms with Gasteiger partial charge >= 0.3 is 6.18 Å². The second-order valence-electron chi connectivity index (χ2n) is 3.96. The van der Waals surface area contributed by atoms with E-state index in [4.69, 9.17) is 5.73 Å². The number of nitrogens with two attached hydrogens (primary N) is 1. The summed E-state index contributed by atoms with van der Waals surface area (Å²) in [4.78, 5) is 22.5. The van der Waals surface area contributed by atoms with Crippen molar-refractivity contribution in [3.63, 3.8) is 0 Å². The summed E-state index contributed by atoms with van der Waals surface area (Å²) in [5.41, 5.74) is 2.67. The van der Waals surface area contributed by atoms with Crippen molar-refractivity contribution in [2.45, 2.75) is 25.7 Å². The van der Waals surface area contributed by atoms with Crippen LogP contribution in [0.4, 0.5) is 17.6 Å². The van der Waals surface area contributed by atoms with Gasteiger partial charge in [-0.15, -0.1) is 0 Å². The van der Waals surface area contributed by atoms with Crippen molar-refractivity contribution in [2.24, 2.45) is 5.73 Å². The van der Waals surface area contributed by atoms with E-state index in [1.165, 1.54) is 0 Å². The highest BCUT2D eigenvalue weighted by molar-refractivity contribution is 6.05. The summed E-state index contributed by atoms with van der Waals surface area (Å²) in [6.45, 7) is -0.291. The van der Waals surface area contributed by atoms with E-state index >= 15 is 0 Å². The van der Waals surface area contributed by atoms with E-state index in [1.54, 1.807) is 0 Å². The number of alkyl halides is 4. The van der Waals surface area contributed by atoms with Gasteiger partial charge in [0.25, 0.3) is 0 Å². The highest BCUT2D eigenvalue weighted by atomic mass is 19.4. The standard InChI is InChI=1S/C12H11F4NO2/c1-6(18)9(11(17)19)10-7(5-13)3-2-4-8(10)12(14,15)16/h2-4,9H,5H2,1H3,(H2,17,19). The van der Waals surface area contributed by atoms with E-state index in [2.05, 4.69) is 0 Å². The average molecular weight is 277 g/mol. The zero-order valence-electron chi connectivity index (χ0n) is 9.92. The number of carbonyl (C=O) groups excluding carboxylic acids is 2. The lowest BCUT2D eigenvalue weighted by atomic mass is 9.87. The van der Waals surface area contributed by atoms with Crippen LogP contribution in [0.15, 0.2) is 18.2 Å². The quantitative estimate of drug-likeness (QED) is 0.678. The van der Waals surface area contributed by atoms with Crippen molar-refractivity contribution in [3.05, 3.63) is 34.9 Å². The molecule has 1 unspecified atom stereocenters. The molecule has 1 atom stereocenters. The Balaban J connectivity index is 3.62. The predicted molar refractivity (Wildman–Crippen MR) is 58.9 cm³/mol. The number of halogens is 4. The van der Waals surface area contributed by atoms with Crippen LogP contribution in [0.5, 0.6) is 0 Å². The van der Waals surface area contributed by atoms with Crippen LogP contribution >= 0.6 is 0 Å². The molecule has 19 heavy (non-hydrogen) atoms. The van der Waals surface area contributed by atoms with Crippen LogP contribution in [0, 0.1) is 0 Å². The molecule has 0 aromatic heterocycles. The van der Waals surface area contributed by atoms with E-state index in [-0.39, 0.29) is 5.56 Å². The number of hydrogen-bond donors (Lipinski definition) is 1. The van der Waals surface area contributed by atoms with Crippen LogP contribution in [0.1, 0.15) is 29.5 Å². The molecular formula is C12H11F4NO2. The molecule has 0 bridgehead atoms. The summed E-state index contributed by atoms with van der Waals surface area (Å²) in [5.74, 6) is -3.90. The number of rotatable bonds is 4. The maximum atomic E-state index is 12.9. The molecule has 0 saturated carbocycles. The van der Waals surface area contributed by atoms with E-state index in [0.717, 1.165) is 19.1 Å². The fourth-order valence-corrected chi connectivity index (χ4v) is 1.86. The Bertz CT molecular complexity index is 497. The third kappa shape index (κ3) is 3.10. The monoisotopic (exact) mass is 277 g/mol. The van der Waals surface area contributed by atoms with Crippen LogP contribution in [0.3, 0.4) is 0 Å². The summed E-state index contributed by atoms with van der Waals surface area (Å²) >= 11 is 0. The lowest BCUT2D eigenvalue weighted by molar-refractivity contribution is -0.139. The van der Waals surface area contributed by atoms with Gasteiger partial charge in [-0.05, 0) is 24.1 Å². The molecule has 1 amide bonds. The van der Waals surface area contributed by atoms with Crippen LogP contribution in [0.25, 0.3) is 0 Å². The van der Waals surface area contributed by atoms with Gasteiger partial charge in [-0.25, -0.2) is 4.39 Å². The van der Waals surface area contributed by atoms with Crippen LogP contribution in [-0.2, 0) is 22.4 Å². The Hall–Kier alpha value is -1.92. The average Bonchev–Trinajstić information content (AvgIpc) is 2.26. The predicted octanol–water partition coefficient (Wildman–Crippen LogP) is 2.33. The molecule has 1 aromatic rings. The third-order valence-corrected chi connectivity index (χ3v) is 2.63. The van der Waals surface area contributed by atoms with E-state index in [1.807, 2.05) is 0 Å². The summed E-state index contributed by atoms with van der Waals surface area (Å²) in [6, 6.07) is 2.79. The molecule has 0 spiro atoms. The second kappa shape index (κ2) is 5.38. The smallest absolute Gasteiger partial charge is 0.369 e. The van der Waals surface area contributed by atoms with Crippen molar-refractivity contribution >= 4 is 11.7 Å². The largest absolute Gasteiger partial charge is 0.416 e. The molecule has 7 heteroatoms. The molecule has 104 valence electrons. The third-order valence-electron chi connectivity index (χ3n) is 2.63. The van der Waals surface area contributed by atoms with Crippen LogP contribution in [0.2, 0.25) is 0 Å². The van der Waals surface area contributed by atoms with E-state index < -0.39 is 41.6 Å². The molecule has 0 aliphatic rings. The van der Waals surface area contributed by atoms with E-state index in [0.29, 0.717) is 6.07 Å². The Morgan fingerprint density at radius 2 is 1.89 bits per heavy atom. The number of primary amides is 1. The van der Waals surface area contributed by atoms with Gasteiger partial charge in [0.2, 0.25) is 5.91 Å². The Morgan fingerprint density at radius 3 is 2.26 bits per heavy atom. The molecule has 0 aliphatic carbocycles. The summed E-state index contributed by atoms with van der Waals surface area (Å²) < 4.78 is 51.4. The number of Topliss-reactive ketones (excluding diaryl/α,β-unsaturated/α-hetero) is 1. The molecular weight excluding hydrogens is 266 g/mol. The van der Waals surface area contributed by atoms with Crippen LogP contribution < -0.4 is 5.73 Å². The SMILES string of the molecule is CC(=O)C(C(N)=O)c1c(CF)cccc1C(F)(F)F. The van der Waals surface area contributed by atoms with Gasteiger partial charge in [0.05, 0.1) is 5.56 Å². The van der Waals surface area contributed by atoms with Gasteiger partial charge in [-0.1, -0.05) is 12.1 Å². The van der Waals surface area contributed by atoms with E-state index in [9.17, 15) is 27.2 Å². The minimum atomic E-state index is -4.80. The molecule has 3 nitrogen and oxygen atoms in total. The van der Waals surface area contributed by atoms with Gasteiger partial charge < -0.3 is 5.73 Å². The number of hydrogen-bond acceptors (Lipinski definition) is 2. The fraction of sp³-hybridized carbons (Fsp3) is 0.333. The number of amides is 1. The maximum Gasteiger partial charge on any atom is 0.416 e. The summed E-state index contributed by atoms with van der Waals surface area (Å²) in [5, 5.41) is 0. The lowest BCUT2D eigenvalue weighted by Crippen LogP contribution is -2.30. The first-order valence-electron chi connectivity index (χ1n) is 5.24. The second-order valence-corrected chi connectivity index (χ2v) is 3.96. The molecule has 1 aromatic carbocycles. The fourth-order valence-electron chi connectivity index (χ4n) is 1.86. The highest BCUT2D eigenvalue weighted by Gasteiger charge is 2.39. The first-order valence-corrected chi connectivity index (χ1v) is 5.24. The van der Waals surface area contributed by atoms with Gasteiger partial charge in [0.1, 0.15) is 18.4 Å². The summed E-state index contributed by atoms with van der Waals surface area (Å²) in [6.07, 6.45) is -4.80. The van der Waals surface area contributed by atoms with Crippen molar-refractivity contribution < 1.29 is 27.2 Å². The Kier molecular flexibility index (Phi) is 4.28. The first kappa shape index (κ1) is 15.1. The molecule has 2 N–H and O–H groups in total. The normalized spacial score (nSPS) is 13.1. The van der Waals surface area contributed by atoms with Crippen molar-refractivity contribution in [2.75, 3.05) is 0 Å². The number of benzene rings is 1. The molecule has 0 fully saturated rings. The molecule has 1 rings (SSSR count). The lowest BCUT2D eigenvalue weighted by Gasteiger charge is -2.20. The van der Waals surface area contributed by atoms with Crippen molar-refractivity contribution in [3.8, 4) is 0 Å². The molecule has 0 heterocycles. The van der Waals surface area contributed by atoms with Gasteiger partial charge in [-0.2, -0.15) is 13.2 Å². The Labute approximate surface area is 106 Å². The Morgan fingerprint density at radius 1 is 1.32 bits per heavy atom. The zero-order valence-corrected chi connectivity index (χ0v) is 9.92. The minimum Gasteiger partial charge on any atom is -0.369 e.